The smallest absolute Gasteiger partial charge is 0.0464 e. The number of anilines is 2. The van der Waals surface area contributed by atoms with E-state index in [1.54, 1.807) is 0 Å². The molecule has 50 heavy (non-hydrogen) atoms. The Morgan fingerprint density at radius 3 is 1.80 bits per heavy atom. The minimum Gasteiger partial charge on any atom is -0.355 e. The summed E-state index contributed by atoms with van der Waals surface area (Å²) in [5, 5.41) is 3.93. The number of benzene rings is 6. The van der Waals surface area contributed by atoms with Crippen molar-refractivity contribution in [3.8, 4) is 33.4 Å². The van der Waals surface area contributed by atoms with Crippen LogP contribution in [0.4, 0.5) is 11.4 Å². The zero-order chi connectivity index (χ0) is 35.2. The highest BCUT2D eigenvalue weighted by Gasteiger charge is 2.42. The van der Waals surface area contributed by atoms with Crippen LogP contribution >= 0.6 is 0 Å². The molecule has 8 rings (SSSR count). The summed E-state index contributed by atoms with van der Waals surface area (Å²) in [5.74, 6) is 0. The number of fused-ring (bicyclic) bond motifs is 6. The molecular formula is C49H49N. The van der Waals surface area contributed by atoms with Gasteiger partial charge in [-0.15, -0.1) is 0 Å². The van der Waals surface area contributed by atoms with Gasteiger partial charge in [0.1, 0.15) is 0 Å². The first-order chi connectivity index (χ1) is 23.7. The minimum absolute atomic E-state index is 0.0126. The molecule has 0 amide bonds. The van der Waals surface area contributed by atoms with E-state index in [0.29, 0.717) is 0 Å². The van der Waals surface area contributed by atoms with Crippen LogP contribution in [-0.2, 0) is 21.7 Å². The molecule has 1 N–H and O–H groups in total. The molecule has 2 aliphatic rings. The fraction of sp³-hybridized carbons (Fsp3) is 0.265. The Bertz CT molecular complexity index is 2290. The van der Waals surface area contributed by atoms with E-state index in [1.165, 1.54) is 72.3 Å². The van der Waals surface area contributed by atoms with E-state index in [-0.39, 0.29) is 21.7 Å². The third-order valence-electron chi connectivity index (χ3n) is 11.6. The molecule has 2 aliphatic carbocycles. The van der Waals surface area contributed by atoms with Crippen molar-refractivity contribution >= 4 is 11.4 Å². The van der Waals surface area contributed by atoms with Crippen LogP contribution in [-0.4, -0.2) is 0 Å². The van der Waals surface area contributed by atoms with Gasteiger partial charge in [-0.1, -0.05) is 165 Å². The maximum atomic E-state index is 3.93. The van der Waals surface area contributed by atoms with Crippen molar-refractivity contribution in [3.63, 3.8) is 0 Å². The van der Waals surface area contributed by atoms with Crippen LogP contribution in [0.25, 0.3) is 33.4 Å². The second-order valence-corrected chi connectivity index (χ2v) is 17.3. The van der Waals surface area contributed by atoms with E-state index in [9.17, 15) is 0 Å². The summed E-state index contributed by atoms with van der Waals surface area (Å²) in [4.78, 5) is 0. The van der Waals surface area contributed by atoms with E-state index in [2.05, 4.69) is 195 Å². The molecule has 0 bridgehead atoms. The molecule has 6 aromatic carbocycles. The van der Waals surface area contributed by atoms with Crippen LogP contribution in [0, 0.1) is 0 Å². The van der Waals surface area contributed by atoms with Crippen molar-refractivity contribution in [3.05, 3.63) is 166 Å². The summed E-state index contributed by atoms with van der Waals surface area (Å²) in [6.07, 6.45) is 0. The Labute approximate surface area is 299 Å². The molecule has 0 saturated carbocycles. The lowest BCUT2D eigenvalue weighted by Gasteiger charge is -2.30. The average molecular weight is 652 g/mol. The second kappa shape index (κ2) is 11.1. The maximum Gasteiger partial charge on any atom is 0.0464 e. The summed E-state index contributed by atoms with van der Waals surface area (Å²) in [5.41, 5.74) is 19.6. The zero-order valence-electron chi connectivity index (χ0n) is 31.1. The zero-order valence-corrected chi connectivity index (χ0v) is 31.1. The van der Waals surface area contributed by atoms with Gasteiger partial charge in [-0.2, -0.15) is 0 Å². The standard InChI is InChI=1S/C49H49N/c1-46(2,3)32-28-41(47(4,5)6)45-42(29-32)48(7,8)39-24-17-22-37(44(39)45)36-21-14-16-25-43(36)50-33-26-27-35-34-20-13-15-23-38(34)49(9,40(35)30-33)31-18-11-10-12-19-31/h10-30,50H,1-9H3. The topological polar surface area (TPSA) is 12.0 Å². The summed E-state index contributed by atoms with van der Waals surface area (Å²) in [6, 6.07) is 47.7. The monoisotopic (exact) mass is 651 g/mol. The highest BCUT2D eigenvalue weighted by molar-refractivity contribution is 5.98. The lowest BCUT2D eigenvalue weighted by Crippen LogP contribution is -2.22. The maximum absolute atomic E-state index is 3.93. The Kier molecular flexibility index (Phi) is 7.15. The van der Waals surface area contributed by atoms with E-state index in [1.807, 2.05) is 0 Å². The molecule has 6 aromatic rings. The molecule has 1 unspecified atom stereocenters. The number of rotatable bonds is 4. The third kappa shape index (κ3) is 4.81. The van der Waals surface area contributed by atoms with E-state index in [4.69, 9.17) is 0 Å². The minimum atomic E-state index is -0.241. The van der Waals surface area contributed by atoms with Gasteiger partial charge in [0.2, 0.25) is 0 Å². The van der Waals surface area contributed by atoms with Gasteiger partial charge in [0.15, 0.2) is 0 Å². The van der Waals surface area contributed by atoms with E-state index < -0.39 is 0 Å². The molecule has 0 saturated heterocycles. The summed E-state index contributed by atoms with van der Waals surface area (Å²) in [7, 11) is 0. The average Bonchev–Trinajstić information content (AvgIpc) is 3.49. The summed E-state index contributed by atoms with van der Waals surface area (Å²) in [6.45, 7) is 21.3. The van der Waals surface area contributed by atoms with Gasteiger partial charge in [0.25, 0.3) is 0 Å². The summed E-state index contributed by atoms with van der Waals surface area (Å²) < 4.78 is 0. The van der Waals surface area contributed by atoms with E-state index >= 15 is 0 Å². The van der Waals surface area contributed by atoms with Crippen molar-refractivity contribution in [1.29, 1.82) is 0 Å². The Balaban J connectivity index is 1.28. The molecule has 250 valence electrons. The van der Waals surface area contributed by atoms with Gasteiger partial charge in [0, 0.05) is 27.8 Å². The lowest BCUT2D eigenvalue weighted by atomic mass is 9.74. The predicted octanol–water partition coefficient (Wildman–Crippen LogP) is 13.3. The number of hydrogen-bond acceptors (Lipinski definition) is 1. The molecule has 0 aliphatic heterocycles. The molecule has 0 heterocycles. The van der Waals surface area contributed by atoms with Crippen LogP contribution in [0.5, 0.6) is 0 Å². The van der Waals surface area contributed by atoms with Crippen LogP contribution in [0.3, 0.4) is 0 Å². The summed E-state index contributed by atoms with van der Waals surface area (Å²) >= 11 is 0. The first-order valence-corrected chi connectivity index (χ1v) is 18.2. The molecule has 1 heteroatoms. The van der Waals surface area contributed by atoms with Crippen molar-refractivity contribution in [1.82, 2.24) is 0 Å². The normalized spacial score (nSPS) is 17.1. The number of nitrogens with one attached hydrogen (secondary N) is 1. The molecule has 1 atom stereocenters. The first kappa shape index (κ1) is 32.3. The van der Waals surface area contributed by atoms with Crippen molar-refractivity contribution in [2.75, 3.05) is 5.32 Å². The van der Waals surface area contributed by atoms with Gasteiger partial charge in [-0.05, 0) is 103 Å². The van der Waals surface area contributed by atoms with Crippen molar-refractivity contribution in [2.24, 2.45) is 0 Å². The molecule has 0 spiro atoms. The van der Waals surface area contributed by atoms with Gasteiger partial charge < -0.3 is 5.32 Å². The Morgan fingerprint density at radius 1 is 0.460 bits per heavy atom. The molecular weight excluding hydrogens is 603 g/mol. The van der Waals surface area contributed by atoms with E-state index in [0.717, 1.165) is 11.4 Å². The molecule has 1 nitrogen and oxygen atoms in total. The first-order valence-electron chi connectivity index (χ1n) is 18.2. The Morgan fingerprint density at radius 2 is 1.08 bits per heavy atom. The molecule has 0 aromatic heterocycles. The largest absolute Gasteiger partial charge is 0.355 e. The highest BCUT2D eigenvalue weighted by atomic mass is 14.9. The van der Waals surface area contributed by atoms with Gasteiger partial charge >= 0.3 is 0 Å². The molecule has 0 radical (unpaired) electrons. The number of para-hydroxylation sites is 1. The van der Waals surface area contributed by atoms with Gasteiger partial charge in [-0.25, -0.2) is 0 Å². The van der Waals surface area contributed by atoms with Gasteiger partial charge in [0.05, 0.1) is 0 Å². The van der Waals surface area contributed by atoms with Crippen LogP contribution in [0.1, 0.15) is 101 Å². The third-order valence-corrected chi connectivity index (χ3v) is 11.6. The SMILES string of the molecule is CC(C)(C)c1cc(C(C)(C)C)c2c(c1)C(C)(C)c1cccc(-c3ccccc3Nc3ccc4c(c3)C(C)(c3ccccc3)c3ccccc3-4)c1-2. The van der Waals surface area contributed by atoms with Crippen LogP contribution in [0.15, 0.2) is 127 Å². The van der Waals surface area contributed by atoms with Crippen molar-refractivity contribution in [2.45, 2.75) is 84.0 Å². The van der Waals surface area contributed by atoms with Crippen molar-refractivity contribution < 1.29 is 0 Å². The number of hydrogen-bond donors (Lipinski definition) is 1. The predicted molar refractivity (Wildman–Crippen MR) is 214 cm³/mol. The fourth-order valence-corrected chi connectivity index (χ4v) is 8.78. The highest BCUT2D eigenvalue weighted by Crippen LogP contribution is 2.57. The fourth-order valence-electron chi connectivity index (χ4n) is 8.78. The van der Waals surface area contributed by atoms with Crippen LogP contribution in [0.2, 0.25) is 0 Å². The van der Waals surface area contributed by atoms with Gasteiger partial charge in [-0.3, -0.25) is 0 Å². The molecule has 0 fully saturated rings. The van der Waals surface area contributed by atoms with Crippen LogP contribution < -0.4 is 5.32 Å². The Hall–Kier alpha value is -4.88. The quantitative estimate of drug-likeness (QED) is 0.200. The second-order valence-electron chi connectivity index (χ2n) is 17.3. The lowest BCUT2D eigenvalue weighted by molar-refractivity contribution is 0.564.